The molecular weight excluding hydrogens is 106 g/mol. The van der Waals surface area contributed by atoms with Gasteiger partial charge in [0.2, 0.25) is 0 Å². The minimum Gasteiger partial charge on any atom is -0.330 e. The first kappa shape index (κ1) is 7.31. The van der Waals surface area contributed by atoms with Gasteiger partial charge in [0.15, 0.2) is 0 Å². The van der Waals surface area contributed by atoms with Gasteiger partial charge in [-0.15, -0.1) is 0 Å². The summed E-state index contributed by atoms with van der Waals surface area (Å²) < 4.78 is 0. The summed E-state index contributed by atoms with van der Waals surface area (Å²) in [5.41, 5.74) is 5.28. The standard InChI is InChI=1S/C5H14NS/c1-7(2)5-3-4-6/h3-6H2,1-2H3/q+1. The molecular formula is C5H14NS+. The van der Waals surface area contributed by atoms with E-state index in [0.29, 0.717) is 10.9 Å². The van der Waals surface area contributed by atoms with Gasteiger partial charge in [0.05, 0.1) is 12.5 Å². The van der Waals surface area contributed by atoms with Crippen molar-refractivity contribution in [1.82, 2.24) is 0 Å². The van der Waals surface area contributed by atoms with Crippen LogP contribution in [-0.2, 0) is 10.9 Å². The average Bonchev–Trinajstić information content (AvgIpc) is 1.61. The van der Waals surface area contributed by atoms with E-state index >= 15 is 0 Å². The van der Waals surface area contributed by atoms with Gasteiger partial charge in [0, 0.05) is 6.42 Å². The molecule has 0 aliphatic rings. The summed E-state index contributed by atoms with van der Waals surface area (Å²) in [6, 6.07) is 0. The topological polar surface area (TPSA) is 26.0 Å². The molecule has 0 radical (unpaired) electrons. The second kappa shape index (κ2) is 4.47. The second-order valence-corrected chi connectivity index (χ2v) is 4.21. The van der Waals surface area contributed by atoms with Crippen molar-refractivity contribution in [3.8, 4) is 0 Å². The van der Waals surface area contributed by atoms with Crippen LogP contribution in [-0.4, -0.2) is 24.8 Å². The van der Waals surface area contributed by atoms with Crippen molar-refractivity contribution in [2.24, 2.45) is 5.73 Å². The molecule has 0 heterocycles. The molecule has 0 saturated carbocycles. The fraction of sp³-hybridized carbons (Fsp3) is 1.00. The Hall–Kier alpha value is 0.310. The zero-order valence-corrected chi connectivity index (χ0v) is 5.92. The van der Waals surface area contributed by atoms with Crippen LogP contribution in [0.5, 0.6) is 0 Å². The molecule has 44 valence electrons. The molecule has 0 rings (SSSR count). The van der Waals surface area contributed by atoms with Crippen LogP contribution >= 0.6 is 0 Å². The molecule has 7 heavy (non-hydrogen) atoms. The van der Waals surface area contributed by atoms with Crippen LogP contribution in [0.3, 0.4) is 0 Å². The number of rotatable bonds is 3. The quantitative estimate of drug-likeness (QED) is 0.529. The zero-order valence-electron chi connectivity index (χ0n) is 5.11. The summed E-state index contributed by atoms with van der Waals surface area (Å²) in [6.45, 7) is 0.852. The molecule has 0 aromatic heterocycles. The van der Waals surface area contributed by atoms with Gasteiger partial charge in [-0.1, -0.05) is 0 Å². The zero-order chi connectivity index (χ0) is 5.70. The molecule has 0 spiro atoms. The molecule has 2 N–H and O–H groups in total. The summed E-state index contributed by atoms with van der Waals surface area (Å²) in [6.07, 6.45) is 5.68. The monoisotopic (exact) mass is 120 g/mol. The normalized spacial score (nSPS) is 10.3. The van der Waals surface area contributed by atoms with E-state index in [1.165, 1.54) is 12.2 Å². The lowest BCUT2D eigenvalue weighted by Gasteiger charge is -1.91. The van der Waals surface area contributed by atoms with E-state index in [1.54, 1.807) is 0 Å². The summed E-state index contributed by atoms with van der Waals surface area (Å²) in [5, 5.41) is 0. The summed E-state index contributed by atoms with van der Waals surface area (Å²) in [7, 11) is 0.605. The Labute approximate surface area is 48.6 Å². The van der Waals surface area contributed by atoms with E-state index < -0.39 is 0 Å². The Morgan fingerprint density at radius 1 is 1.43 bits per heavy atom. The van der Waals surface area contributed by atoms with Crippen LogP contribution in [0.15, 0.2) is 0 Å². The Bertz CT molecular complexity index is 37.1. The Balaban J connectivity index is 2.68. The lowest BCUT2D eigenvalue weighted by molar-refractivity contribution is 0.941. The largest absolute Gasteiger partial charge is 0.330 e. The van der Waals surface area contributed by atoms with Crippen molar-refractivity contribution in [2.45, 2.75) is 6.42 Å². The van der Waals surface area contributed by atoms with Gasteiger partial charge >= 0.3 is 0 Å². The van der Waals surface area contributed by atoms with Gasteiger partial charge in [-0.05, 0) is 17.4 Å². The maximum Gasteiger partial charge on any atom is 0.108 e. The van der Waals surface area contributed by atoms with E-state index in [4.69, 9.17) is 5.73 Å². The number of hydrogen-bond donors (Lipinski definition) is 1. The SMILES string of the molecule is C[S+](C)CCCN. The fourth-order valence-corrected chi connectivity index (χ4v) is 1.12. The van der Waals surface area contributed by atoms with Gasteiger partial charge in [-0.25, -0.2) is 0 Å². The Kier molecular flexibility index (Phi) is 4.67. The molecule has 2 heteroatoms. The number of hydrogen-bond acceptors (Lipinski definition) is 1. The maximum atomic E-state index is 5.28. The molecule has 0 atom stereocenters. The Morgan fingerprint density at radius 3 is 2.14 bits per heavy atom. The van der Waals surface area contributed by atoms with Crippen LogP contribution in [0.2, 0.25) is 0 Å². The van der Waals surface area contributed by atoms with Crippen LogP contribution < -0.4 is 5.73 Å². The van der Waals surface area contributed by atoms with E-state index in [-0.39, 0.29) is 0 Å². The first-order chi connectivity index (χ1) is 3.27. The second-order valence-electron chi connectivity index (χ2n) is 1.83. The third-order valence-electron chi connectivity index (χ3n) is 0.757. The fourth-order valence-electron chi connectivity index (χ4n) is 0.372. The van der Waals surface area contributed by atoms with Crippen molar-refractivity contribution in [2.75, 3.05) is 24.8 Å². The smallest absolute Gasteiger partial charge is 0.108 e. The molecule has 0 bridgehead atoms. The van der Waals surface area contributed by atoms with Crippen molar-refractivity contribution in [1.29, 1.82) is 0 Å². The van der Waals surface area contributed by atoms with Gasteiger partial charge in [0.25, 0.3) is 0 Å². The highest BCUT2D eigenvalue weighted by molar-refractivity contribution is 7.95. The van der Waals surface area contributed by atoms with Gasteiger partial charge in [0.1, 0.15) is 5.75 Å². The van der Waals surface area contributed by atoms with E-state index in [2.05, 4.69) is 12.5 Å². The first-order valence-corrected chi connectivity index (χ1v) is 4.72. The molecule has 0 aliphatic heterocycles. The molecule has 0 saturated heterocycles. The first-order valence-electron chi connectivity index (χ1n) is 2.51. The highest BCUT2D eigenvalue weighted by Crippen LogP contribution is 1.85. The minimum absolute atomic E-state index is 0.605. The molecule has 0 aromatic carbocycles. The highest BCUT2D eigenvalue weighted by atomic mass is 32.2. The lowest BCUT2D eigenvalue weighted by atomic mass is 10.5. The van der Waals surface area contributed by atoms with E-state index in [0.717, 1.165) is 6.54 Å². The molecule has 1 nitrogen and oxygen atoms in total. The predicted octanol–water partition coefficient (Wildman–Crippen LogP) is 0.213. The summed E-state index contributed by atoms with van der Waals surface area (Å²) in [4.78, 5) is 0. The minimum atomic E-state index is 0.605. The van der Waals surface area contributed by atoms with Crippen molar-refractivity contribution in [3.63, 3.8) is 0 Å². The van der Waals surface area contributed by atoms with Gasteiger partial charge in [-0.2, -0.15) is 0 Å². The predicted molar refractivity (Wildman–Crippen MR) is 37.8 cm³/mol. The van der Waals surface area contributed by atoms with Gasteiger partial charge in [-0.3, -0.25) is 0 Å². The maximum absolute atomic E-state index is 5.28. The lowest BCUT2D eigenvalue weighted by Crippen LogP contribution is -2.07. The van der Waals surface area contributed by atoms with Crippen molar-refractivity contribution < 1.29 is 0 Å². The molecule has 0 aromatic rings. The van der Waals surface area contributed by atoms with Crippen LogP contribution in [0.1, 0.15) is 6.42 Å². The molecule has 0 unspecified atom stereocenters. The van der Waals surface area contributed by atoms with Crippen molar-refractivity contribution >= 4 is 10.9 Å². The van der Waals surface area contributed by atoms with E-state index in [9.17, 15) is 0 Å². The average molecular weight is 120 g/mol. The highest BCUT2D eigenvalue weighted by Gasteiger charge is 1.97. The van der Waals surface area contributed by atoms with Gasteiger partial charge < -0.3 is 5.73 Å². The molecule has 0 amide bonds. The molecule has 0 fully saturated rings. The summed E-state index contributed by atoms with van der Waals surface area (Å²) >= 11 is 0. The summed E-state index contributed by atoms with van der Waals surface area (Å²) in [5.74, 6) is 1.30. The third-order valence-corrected chi connectivity index (χ3v) is 1.86. The van der Waals surface area contributed by atoms with Crippen molar-refractivity contribution in [3.05, 3.63) is 0 Å². The van der Waals surface area contributed by atoms with Crippen LogP contribution in [0, 0.1) is 0 Å². The van der Waals surface area contributed by atoms with Crippen LogP contribution in [0.25, 0.3) is 0 Å². The molecule has 0 aliphatic carbocycles. The third kappa shape index (κ3) is 6.31. The van der Waals surface area contributed by atoms with E-state index in [1.807, 2.05) is 0 Å². The number of nitrogens with two attached hydrogens (primary N) is 1. The Morgan fingerprint density at radius 2 is 2.00 bits per heavy atom. The van der Waals surface area contributed by atoms with Crippen LogP contribution in [0.4, 0.5) is 0 Å².